The van der Waals surface area contributed by atoms with E-state index in [1.807, 2.05) is 48.3 Å². The Bertz CT molecular complexity index is 463. The first-order valence-corrected chi connectivity index (χ1v) is 4.67. The Morgan fingerprint density at radius 3 is 2.73 bits per heavy atom. The second kappa shape index (κ2) is 4.41. The van der Waals surface area contributed by atoms with E-state index in [2.05, 4.69) is 15.2 Å². The molecule has 2 aromatic heterocycles. The average molecular weight is 200 g/mol. The average Bonchev–Trinajstić information content (AvgIpc) is 2.85. The molecule has 0 aliphatic rings. The number of aromatic nitrogens is 2. The minimum atomic E-state index is 0.944. The van der Waals surface area contributed by atoms with E-state index in [1.165, 1.54) is 0 Å². The smallest absolute Gasteiger partial charge is 0.0732 e. The van der Waals surface area contributed by atoms with Crippen molar-refractivity contribution in [2.45, 2.75) is 0 Å². The third-order valence-corrected chi connectivity index (χ3v) is 2.06. The maximum absolute atomic E-state index is 3.95. The zero-order chi connectivity index (χ0) is 10.5. The van der Waals surface area contributed by atoms with Gasteiger partial charge in [0.2, 0.25) is 0 Å². The van der Waals surface area contributed by atoms with Crippen LogP contribution in [0.2, 0.25) is 0 Å². The van der Waals surface area contributed by atoms with Gasteiger partial charge in [0.1, 0.15) is 0 Å². The van der Waals surface area contributed by atoms with E-state index in [9.17, 15) is 0 Å². The SMILES string of the molecule is Cn1cccc1C=NN=Cc1ccc[nH]1. The van der Waals surface area contributed by atoms with Gasteiger partial charge in [0.05, 0.1) is 23.8 Å². The van der Waals surface area contributed by atoms with Crippen LogP contribution in [0.1, 0.15) is 11.4 Å². The predicted molar refractivity (Wildman–Crippen MR) is 61.4 cm³/mol. The maximum atomic E-state index is 3.95. The van der Waals surface area contributed by atoms with Crippen molar-refractivity contribution >= 4 is 12.4 Å². The molecular weight excluding hydrogens is 188 g/mol. The summed E-state index contributed by atoms with van der Waals surface area (Å²) in [6.07, 6.45) is 7.22. The van der Waals surface area contributed by atoms with Gasteiger partial charge in [0.15, 0.2) is 0 Å². The first-order valence-electron chi connectivity index (χ1n) is 4.67. The first kappa shape index (κ1) is 9.45. The molecule has 0 atom stereocenters. The number of hydrogen-bond acceptors (Lipinski definition) is 2. The molecule has 2 rings (SSSR count). The summed E-state index contributed by atoms with van der Waals surface area (Å²) in [6, 6.07) is 7.80. The van der Waals surface area contributed by atoms with Crippen LogP contribution in [0.25, 0.3) is 0 Å². The van der Waals surface area contributed by atoms with Gasteiger partial charge in [-0.25, -0.2) is 0 Å². The largest absolute Gasteiger partial charge is 0.360 e. The second-order valence-corrected chi connectivity index (χ2v) is 3.16. The van der Waals surface area contributed by atoms with Gasteiger partial charge in [0.25, 0.3) is 0 Å². The molecule has 4 heteroatoms. The Morgan fingerprint density at radius 1 is 1.20 bits per heavy atom. The van der Waals surface area contributed by atoms with Crippen molar-refractivity contribution in [3.8, 4) is 0 Å². The molecular formula is C11H12N4. The first-order chi connectivity index (χ1) is 7.36. The molecule has 0 aromatic carbocycles. The fourth-order valence-corrected chi connectivity index (χ4v) is 1.22. The molecule has 15 heavy (non-hydrogen) atoms. The summed E-state index contributed by atoms with van der Waals surface area (Å²) >= 11 is 0. The van der Waals surface area contributed by atoms with Gasteiger partial charge in [-0.2, -0.15) is 10.2 Å². The lowest BCUT2D eigenvalue weighted by Crippen LogP contribution is -1.91. The monoisotopic (exact) mass is 200 g/mol. The van der Waals surface area contributed by atoms with E-state index >= 15 is 0 Å². The number of rotatable bonds is 3. The Labute approximate surface area is 88.0 Å². The van der Waals surface area contributed by atoms with Crippen LogP contribution in [0.15, 0.2) is 46.9 Å². The molecule has 0 aliphatic heterocycles. The third-order valence-electron chi connectivity index (χ3n) is 2.06. The highest BCUT2D eigenvalue weighted by atomic mass is 15.2. The summed E-state index contributed by atoms with van der Waals surface area (Å²) in [5.41, 5.74) is 1.97. The van der Waals surface area contributed by atoms with Gasteiger partial charge in [-0.1, -0.05) is 0 Å². The fourth-order valence-electron chi connectivity index (χ4n) is 1.22. The van der Waals surface area contributed by atoms with Crippen molar-refractivity contribution < 1.29 is 0 Å². The van der Waals surface area contributed by atoms with E-state index in [-0.39, 0.29) is 0 Å². The Hall–Kier alpha value is -2.10. The molecule has 0 saturated carbocycles. The van der Waals surface area contributed by atoms with Crippen molar-refractivity contribution in [3.63, 3.8) is 0 Å². The van der Waals surface area contributed by atoms with Crippen LogP contribution in [0, 0.1) is 0 Å². The highest BCUT2D eigenvalue weighted by molar-refractivity contribution is 5.80. The van der Waals surface area contributed by atoms with Gasteiger partial charge >= 0.3 is 0 Å². The number of hydrogen-bond donors (Lipinski definition) is 1. The van der Waals surface area contributed by atoms with E-state index in [0.29, 0.717) is 0 Å². The summed E-state index contributed by atoms with van der Waals surface area (Å²) < 4.78 is 1.98. The van der Waals surface area contributed by atoms with Gasteiger partial charge in [0, 0.05) is 19.4 Å². The van der Waals surface area contributed by atoms with E-state index < -0.39 is 0 Å². The van der Waals surface area contributed by atoms with Crippen LogP contribution >= 0.6 is 0 Å². The van der Waals surface area contributed by atoms with Crippen LogP contribution in [-0.2, 0) is 7.05 Å². The predicted octanol–water partition coefficient (Wildman–Crippen LogP) is 1.81. The maximum Gasteiger partial charge on any atom is 0.0732 e. The topological polar surface area (TPSA) is 45.4 Å². The molecule has 0 unspecified atom stereocenters. The van der Waals surface area contributed by atoms with Crippen molar-refractivity contribution in [1.29, 1.82) is 0 Å². The Morgan fingerprint density at radius 2 is 2.07 bits per heavy atom. The van der Waals surface area contributed by atoms with Crippen LogP contribution in [-0.4, -0.2) is 22.0 Å². The molecule has 0 spiro atoms. The molecule has 0 fully saturated rings. The normalized spacial score (nSPS) is 11.8. The highest BCUT2D eigenvalue weighted by Crippen LogP contribution is 1.95. The molecule has 0 aliphatic carbocycles. The number of nitrogens with one attached hydrogen (secondary N) is 1. The van der Waals surface area contributed by atoms with Crippen molar-refractivity contribution in [1.82, 2.24) is 9.55 Å². The number of aromatic amines is 1. The van der Waals surface area contributed by atoms with Crippen LogP contribution < -0.4 is 0 Å². The lowest BCUT2D eigenvalue weighted by molar-refractivity contribution is 0.917. The molecule has 1 N–H and O–H groups in total. The zero-order valence-corrected chi connectivity index (χ0v) is 8.46. The zero-order valence-electron chi connectivity index (χ0n) is 8.46. The number of nitrogens with zero attached hydrogens (tertiary/aromatic N) is 3. The van der Waals surface area contributed by atoms with Gasteiger partial charge in [-0.05, 0) is 24.3 Å². The minimum absolute atomic E-state index is 0.944. The molecule has 0 saturated heterocycles. The summed E-state index contributed by atoms with van der Waals surface area (Å²) in [5.74, 6) is 0. The van der Waals surface area contributed by atoms with Crippen molar-refractivity contribution in [2.75, 3.05) is 0 Å². The number of H-pyrrole nitrogens is 1. The summed E-state index contributed by atoms with van der Waals surface area (Å²) in [7, 11) is 1.97. The number of aryl methyl sites for hydroxylation is 1. The van der Waals surface area contributed by atoms with E-state index in [4.69, 9.17) is 0 Å². The molecule has 2 aromatic rings. The quantitative estimate of drug-likeness (QED) is 0.580. The summed E-state index contributed by atoms with van der Waals surface area (Å²) in [4.78, 5) is 3.01. The van der Waals surface area contributed by atoms with Crippen molar-refractivity contribution in [2.24, 2.45) is 17.3 Å². The fraction of sp³-hybridized carbons (Fsp3) is 0.0909. The van der Waals surface area contributed by atoms with Gasteiger partial charge in [-0.15, -0.1) is 0 Å². The van der Waals surface area contributed by atoms with Crippen LogP contribution in [0.4, 0.5) is 0 Å². The second-order valence-electron chi connectivity index (χ2n) is 3.16. The van der Waals surface area contributed by atoms with E-state index in [1.54, 1.807) is 12.4 Å². The minimum Gasteiger partial charge on any atom is -0.360 e. The molecule has 0 radical (unpaired) electrons. The van der Waals surface area contributed by atoms with Crippen molar-refractivity contribution in [3.05, 3.63) is 48.0 Å². The summed E-state index contributed by atoms with van der Waals surface area (Å²) in [6.45, 7) is 0. The highest BCUT2D eigenvalue weighted by Gasteiger charge is 1.89. The standard InChI is InChI=1S/C11H12N4/c1-15-7-3-5-11(15)9-14-13-8-10-4-2-6-12-10/h2-9,12H,1H3. The lowest BCUT2D eigenvalue weighted by atomic mass is 10.5. The molecule has 4 nitrogen and oxygen atoms in total. The Kier molecular flexibility index (Phi) is 2.78. The molecule has 0 bridgehead atoms. The van der Waals surface area contributed by atoms with E-state index in [0.717, 1.165) is 11.4 Å². The molecule has 76 valence electrons. The van der Waals surface area contributed by atoms with Gasteiger partial charge in [-0.3, -0.25) is 0 Å². The van der Waals surface area contributed by atoms with Crippen LogP contribution in [0.5, 0.6) is 0 Å². The summed E-state index contributed by atoms with van der Waals surface area (Å²) in [5, 5.41) is 7.88. The lowest BCUT2D eigenvalue weighted by Gasteiger charge is -1.92. The Balaban J connectivity index is 1.99. The van der Waals surface area contributed by atoms with Gasteiger partial charge < -0.3 is 9.55 Å². The third kappa shape index (κ3) is 2.43. The molecule has 0 amide bonds. The van der Waals surface area contributed by atoms with Crippen LogP contribution in [0.3, 0.4) is 0 Å². The molecule has 2 heterocycles.